The molecule has 4 nitrogen and oxygen atoms in total. The van der Waals surface area contributed by atoms with Gasteiger partial charge >= 0.3 is 5.97 Å². The quantitative estimate of drug-likeness (QED) is 0.547. The Labute approximate surface area is 168 Å². The van der Waals surface area contributed by atoms with Crippen molar-refractivity contribution < 1.29 is 14.3 Å². The first-order valence-electron chi connectivity index (χ1n) is 9.35. The second-order valence-corrected chi connectivity index (χ2v) is 8.90. The number of amides is 1. The molecule has 1 amide bonds. The van der Waals surface area contributed by atoms with Gasteiger partial charge in [0, 0.05) is 15.8 Å². The third-order valence-corrected chi connectivity index (χ3v) is 6.65. The molecule has 0 unspecified atom stereocenters. The van der Waals surface area contributed by atoms with Crippen LogP contribution in [0.25, 0.3) is 11.6 Å². The second-order valence-electron chi connectivity index (χ2n) is 6.98. The molecule has 2 heterocycles. The summed E-state index contributed by atoms with van der Waals surface area (Å²) in [6, 6.07) is 7.85. The van der Waals surface area contributed by atoms with Crippen molar-refractivity contribution in [2.45, 2.75) is 51.7 Å². The number of hydrogen-bond donors (Lipinski definition) is 1. The van der Waals surface area contributed by atoms with Gasteiger partial charge in [-0.25, -0.2) is 4.79 Å². The lowest BCUT2D eigenvalue weighted by atomic mass is 9.86. The maximum Gasteiger partial charge on any atom is 0.340 e. The largest absolute Gasteiger partial charge is 0.449 e. The second kappa shape index (κ2) is 9.33. The summed E-state index contributed by atoms with van der Waals surface area (Å²) in [5.74, 6) is -0.222. The molecule has 1 N–H and O–H groups in total. The van der Waals surface area contributed by atoms with E-state index < -0.39 is 12.1 Å². The summed E-state index contributed by atoms with van der Waals surface area (Å²) >= 11 is 3.04. The van der Waals surface area contributed by atoms with E-state index >= 15 is 0 Å². The zero-order chi connectivity index (χ0) is 19.2. The molecule has 0 spiro atoms. The highest BCUT2D eigenvalue weighted by Gasteiger charge is 2.27. The Morgan fingerprint density at radius 3 is 2.59 bits per heavy atom. The summed E-state index contributed by atoms with van der Waals surface area (Å²) in [5, 5.41) is 6.95. The average molecular weight is 404 g/mol. The van der Waals surface area contributed by atoms with E-state index in [2.05, 4.69) is 12.2 Å². The monoisotopic (exact) mass is 403 g/mol. The highest BCUT2D eigenvalue weighted by atomic mass is 32.1. The van der Waals surface area contributed by atoms with Gasteiger partial charge in [-0.15, -0.1) is 22.7 Å². The van der Waals surface area contributed by atoms with Crippen molar-refractivity contribution in [3.63, 3.8) is 0 Å². The number of hydrogen-bond acceptors (Lipinski definition) is 5. The van der Waals surface area contributed by atoms with Crippen LogP contribution in [0.3, 0.4) is 0 Å². The van der Waals surface area contributed by atoms with Crippen LogP contribution in [0.1, 0.15) is 49.3 Å². The van der Waals surface area contributed by atoms with Crippen LogP contribution in [0.5, 0.6) is 0 Å². The van der Waals surface area contributed by atoms with Gasteiger partial charge in [0.15, 0.2) is 6.10 Å². The van der Waals surface area contributed by atoms with Crippen molar-refractivity contribution in [3.8, 4) is 0 Å². The summed E-state index contributed by atoms with van der Waals surface area (Å²) in [4.78, 5) is 27.1. The van der Waals surface area contributed by atoms with Crippen molar-refractivity contribution in [3.05, 3.63) is 44.8 Å². The minimum atomic E-state index is -0.821. The van der Waals surface area contributed by atoms with Crippen LogP contribution in [0.15, 0.2) is 35.0 Å². The summed E-state index contributed by atoms with van der Waals surface area (Å²) in [5.41, 5.74) is 0.484. The van der Waals surface area contributed by atoms with E-state index in [0.29, 0.717) is 11.5 Å². The summed E-state index contributed by atoms with van der Waals surface area (Å²) in [6.07, 6.45) is 5.48. The smallest absolute Gasteiger partial charge is 0.340 e. The first-order chi connectivity index (χ1) is 13.0. The van der Waals surface area contributed by atoms with Crippen molar-refractivity contribution >= 4 is 46.2 Å². The predicted octanol–water partition coefficient (Wildman–Crippen LogP) is 4.98. The van der Waals surface area contributed by atoms with Gasteiger partial charge in [0.1, 0.15) is 0 Å². The normalized spacial score (nSPS) is 21.5. The van der Waals surface area contributed by atoms with Crippen LogP contribution >= 0.6 is 22.7 Å². The van der Waals surface area contributed by atoms with E-state index in [9.17, 15) is 9.59 Å². The van der Waals surface area contributed by atoms with Crippen LogP contribution in [-0.2, 0) is 14.3 Å². The molecule has 0 saturated heterocycles. The fraction of sp³-hybridized carbons (Fsp3) is 0.429. The maximum absolute atomic E-state index is 12.8. The molecular weight excluding hydrogens is 378 g/mol. The van der Waals surface area contributed by atoms with Crippen LogP contribution in [0.2, 0.25) is 0 Å². The van der Waals surface area contributed by atoms with Gasteiger partial charge < -0.3 is 10.1 Å². The highest BCUT2D eigenvalue weighted by molar-refractivity contribution is 7.12. The predicted molar refractivity (Wildman–Crippen MR) is 112 cm³/mol. The standard InChI is InChI=1S/C21H25NO3S2/c1-14-7-3-4-9-18(14)22-20(23)15(2)25-21(24)17(19-10-6-12-27-19)13-16-8-5-11-26-16/h5-6,8,10-15,18H,3-4,7,9H2,1-2H3,(H,22,23)/b17-13+/t14-,15-,18-/m1/s1. The Morgan fingerprint density at radius 2 is 1.93 bits per heavy atom. The van der Waals surface area contributed by atoms with Gasteiger partial charge in [0.25, 0.3) is 5.91 Å². The number of nitrogens with one attached hydrogen (secondary N) is 1. The van der Waals surface area contributed by atoms with Crippen LogP contribution < -0.4 is 5.32 Å². The number of carbonyl (C=O) groups excluding carboxylic acids is 2. The lowest BCUT2D eigenvalue weighted by molar-refractivity contribution is -0.149. The molecule has 0 radical (unpaired) electrons. The molecule has 6 heteroatoms. The molecule has 1 fully saturated rings. The first-order valence-corrected chi connectivity index (χ1v) is 11.1. The maximum atomic E-state index is 12.8. The molecule has 0 aromatic carbocycles. The molecule has 3 rings (SSSR count). The molecule has 27 heavy (non-hydrogen) atoms. The third kappa shape index (κ3) is 5.30. The Morgan fingerprint density at radius 1 is 1.19 bits per heavy atom. The average Bonchev–Trinajstić information content (AvgIpc) is 3.35. The lowest BCUT2D eigenvalue weighted by Crippen LogP contribution is -2.46. The fourth-order valence-corrected chi connectivity index (χ4v) is 4.67. The molecule has 0 aliphatic heterocycles. The van der Waals surface area contributed by atoms with Crippen LogP contribution in [0, 0.1) is 5.92 Å². The number of rotatable bonds is 6. The Bertz CT molecular complexity index is 780. The van der Waals surface area contributed by atoms with Gasteiger partial charge in [-0.05, 0) is 54.7 Å². The van der Waals surface area contributed by atoms with Gasteiger partial charge in [0.05, 0.1) is 5.57 Å². The molecular formula is C21H25NO3S2. The SMILES string of the molecule is C[C@@H]1CCCC[C@H]1NC(=O)[C@@H](C)OC(=O)/C(=C/c1cccs1)c1cccs1. The third-order valence-electron chi connectivity index (χ3n) is 4.93. The number of thiophene rings is 2. The van der Waals surface area contributed by atoms with Crippen molar-refractivity contribution in [2.75, 3.05) is 0 Å². The number of ether oxygens (including phenoxy) is 1. The van der Waals surface area contributed by atoms with Crippen molar-refractivity contribution in [1.29, 1.82) is 0 Å². The molecule has 2 aromatic heterocycles. The van der Waals surface area contributed by atoms with Gasteiger partial charge in [-0.3, -0.25) is 4.79 Å². The van der Waals surface area contributed by atoms with Crippen LogP contribution in [-0.4, -0.2) is 24.0 Å². The molecule has 144 valence electrons. The molecule has 3 atom stereocenters. The zero-order valence-corrected chi connectivity index (χ0v) is 17.3. The molecule has 1 aliphatic rings. The zero-order valence-electron chi connectivity index (χ0n) is 15.6. The van der Waals surface area contributed by atoms with E-state index in [1.807, 2.05) is 41.1 Å². The molecule has 1 saturated carbocycles. The van der Waals surface area contributed by atoms with Crippen molar-refractivity contribution in [2.24, 2.45) is 5.92 Å². The summed E-state index contributed by atoms with van der Waals surface area (Å²) in [6.45, 7) is 3.80. The lowest BCUT2D eigenvalue weighted by Gasteiger charge is -2.30. The van der Waals surface area contributed by atoms with E-state index in [-0.39, 0.29) is 11.9 Å². The van der Waals surface area contributed by atoms with E-state index in [1.54, 1.807) is 18.3 Å². The fourth-order valence-electron chi connectivity index (χ4n) is 3.29. The highest BCUT2D eigenvalue weighted by Crippen LogP contribution is 2.27. The van der Waals surface area contributed by atoms with Crippen molar-refractivity contribution in [1.82, 2.24) is 5.32 Å². The van der Waals surface area contributed by atoms with E-state index in [4.69, 9.17) is 4.74 Å². The Kier molecular flexibility index (Phi) is 6.85. The summed E-state index contributed by atoms with van der Waals surface area (Å²) < 4.78 is 5.52. The summed E-state index contributed by atoms with van der Waals surface area (Å²) in [7, 11) is 0. The number of esters is 1. The Hall–Kier alpha value is -1.92. The minimum absolute atomic E-state index is 0.172. The van der Waals surface area contributed by atoms with Gasteiger partial charge in [-0.2, -0.15) is 0 Å². The topological polar surface area (TPSA) is 55.4 Å². The molecule has 2 aromatic rings. The first kappa shape index (κ1) is 19.8. The molecule has 1 aliphatic carbocycles. The van der Waals surface area contributed by atoms with Gasteiger partial charge in [0.2, 0.25) is 0 Å². The van der Waals surface area contributed by atoms with E-state index in [1.165, 1.54) is 17.8 Å². The molecule has 0 bridgehead atoms. The Balaban J connectivity index is 1.67. The van der Waals surface area contributed by atoms with Gasteiger partial charge in [-0.1, -0.05) is 31.9 Å². The van der Waals surface area contributed by atoms with Crippen LogP contribution in [0.4, 0.5) is 0 Å². The number of carbonyl (C=O) groups is 2. The minimum Gasteiger partial charge on any atom is -0.449 e. The van der Waals surface area contributed by atoms with E-state index in [0.717, 1.165) is 29.0 Å².